The first-order valence-corrected chi connectivity index (χ1v) is 10.8. The van der Waals surface area contributed by atoms with Crippen LogP contribution in [0.3, 0.4) is 0 Å². The fourth-order valence-corrected chi connectivity index (χ4v) is 5.48. The second-order valence-electron chi connectivity index (χ2n) is 8.41. The Balaban J connectivity index is 1.73. The van der Waals surface area contributed by atoms with Crippen molar-refractivity contribution in [1.82, 2.24) is 0 Å². The smallest absolute Gasteiger partial charge is 0.327 e. The van der Waals surface area contributed by atoms with Gasteiger partial charge in [-0.25, -0.2) is 0 Å². The van der Waals surface area contributed by atoms with Gasteiger partial charge in [0.25, 0.3) is 0 Å². The predicted octanol–water partition coefficient (Wildman–Crippen LogP) is 5.53. The zero-order valence-electron chi connectivity index (χ0n) is 17.0. The van der Waals surface area contributed by atoms with Gasteiger partial charge in [-0.15, -0.1) is 0 Å². The number of hydrogen-bond donors (Lipinski definition) is 0. The Morgan fingerprint density at radius 3 is 2.23 bits per heavy atom. The highest BCUT2D eigenvalue weighted by Crippen LogP contribution is 2.79. The molecule has 3 aromatic rings. The third-order valence-corrected chi connectivity index (χ3v) is 7.23. The number of hydrogen-bond acceptors (Lipinski definition) is 4. The van der Waals surface area contributed by atoms with E-state index in [1.54, 1.807) is 61.5 Å². The lowest BCUT2D eigenvalue weighted by Crippen LogP contribution is -2.39. The van der Waals surface area contributed by atoms with Crippen LogP contribution in [0.5, 0.6) is 5.75 Å². The van der Waals surface area contributed by atoms with Crippen LogP contribution in [0.15, 0.2) is 77.3 Å². The summed E-state index contributed by atoms with van der Waals surface area (Å²) in [5, 5.41) is 0. The van der Waals surface area contributed by atoms with E-state index in [9.17, 15) is 14.4 Å². The van der Waals surface area contributed by atoms with Gasteiger partial charge in [-0.3, -0.25) is 14.4 Å². The molecule has 1 saturated carbocycles. The number of aryl methyl sites for hydroxylation is 1. The largest absolute Gasteiger partial charge is 0.425 e. The monoisotopic (exact) mass is 474 g/mol. The number of benzene rings is 3. The molecular weight excluding hydrogens is 456 g/mol. The number of esters is 1. The van der Waals surface area contributed by atoms with Crippen molar-refractivity contribution >= 4 is 33.5 Å². The molecule has 1 aliphatic heterocycles. The van der Waals surface area contributed by atoms with Crippen molar-refractivity contribution in [2.24, 2.45) is 10.8 Å². The van der Waals surface area contributed by atoms with E-state index in [1.807, 2.05) is 25.1 Å². The number of carbonyl (C=O) groups excluding carboxylic acids is 3. The summed E-state index contributed by atoms with van der Waals surface area (Å²) in [6.45, 7) is 3.66. The molecule has 3 atom stereocenters. The van der Waals surface area contributed by atoms with Crippen LogP contribution < -0.4 is 4.74 Å². The van der Waals surface area contributed by atoms with E-state index >= 15 is 0 Å². The van der Waals surface area contributed by atoms with Crippen LogP contribution in [0.25, 0.3) is 0 Å². The molecule has 0 radical (unpaired) electrons. The van der Waals surface area contributed by atoms with Crippen molar-refractivity contribution in [3.63, 3.8) is 0 Å². The van der Waals surface area contributed by atoms with E-state index in [0.717, 1.165) is 10.0 Å². The Hall–Kier alpha value is -3.05. The highest BCUT2D eigenvalue weighted by Gasteiger charge is 2.87. The first kappa shape index (κ1) is 19.9. The summed E-state index contributed by atoms with van der Waals surface area (Å²) in [6, 6.07) is 21.2. The molecule has 4 nitrogen and oxygen atoms in total. The summed E-state index contributed by atoms with van der Waals surface area (Å²) in [5.74, 6) is -1.47. The Kier molecular flexibility index (Phi) is 4.31. The van der Waals surface area contributed by atoms with E-state index < -0.39 is 22.7 Å². The zero-order valence-corrected chi connectivity index (χ0v) is 18.6. The molecule has 0 bridgehead atoms. The normalized spacial score (nSPS) is 25.8. The third kappa shape index (κ3) is 2.56. The van der Waals surface area contributed by atoms with Crippen molar-refractivity contribution < 1.29 is 19.1 Å². The summed E-state index contributed by atoms with van der Waals surface area (Å²) < 4.78 is 6.45. The number of fused-ring (bicyclic) bond motifs is 3. The van der Waals surface area contributed by atoms with Gasteiger partial charge < -0.3 is 4.74 Å². The lowest BCUT2D eigenvalue weighted by Gasteiger charge is -2.23. The molecule has 0 aromatic heterocycles. The van der Waals surface area contributed by atoms with Gasteiger partial charge in [0.15, 0.2) is 17.0 Å². The summed E-state index contributed by atoms with van der Waals surface area (Å²) in [5.41, 5.74) is -0.252. The highest BCUT2D eigenvalue weighted by molar-refractivity contribution is 9.10. The highest BCUT2D eigenvalue weighted by atomic mass is 79.9. The fraction of sp³-hybridized carbons (Fsp3) is 0.192. The van der Waals surface area contributed by atoms with E-state index in [0.29, 0.717) is 22.4 Å². The summed E-state index contributed by atoms with van der Waals surface area (Å²) in [4.78, 5) is 41.0. The van der Waals surface area contributed by atoms with Gasteiger partial charge in [0, 0.05) is 27.1 Å². The van der Waals surface area contributed by atoms with Gasteiger partial charge in [0.05, 0.1) is 5.41 Å². The lowest BCUT2D eigenvalue weighted by atomic mass is 9.82. The molecule has 154 valence electrons. The molecule has 0 unspecified atom stereocenters. The average Bonchev–Trinajstić information content (AvgIpc) is 3.37. The molecule has 0 saturated heterocycles. The molecule has 5 heteroatoms. The second kappa shape index (κ2) is 6.72. The van der Waals surface area contributed by atoms with Crippen LogP contribution in [0, 0.1) is 17.8 Å². The van der Waals surface area contributed by atoms with Crippen LogP contribution in [-0.2, 0) is 4.79 Å². The maximum absolute atomic E-state index is 13.8. The minimum absolute atomic E-state index is 0.230. The molecule has 0 spiro atoms. The minimum Gasteiger partial charge on any atom is -0.425 e. The van der Waals surface area contributed by atoms with Crippen LogP contribution >= 0.6 is 15.9 Å². The Labute approximate surface area is 188 Å². The van der Waals surface area contributed by atoms with Gasteiger partial charge in [0.1, 0.15) is 5.75 Å². The number of carbonyl (C=O) groups is 3. The Morgan fingerprint density at radius 1 is 0.903 bits per heavy atom. The Bertz CT molecular complexity index is 1250. The van der Waals surface area contributed by atoms with Gasteiger partial charge in [0.2, 0.25) is 0 Å². The van der Waals surface area contributed by atoms with Crippen molar-refractivity contribution in [3.8, 4) is 5.75 Å². The predicted molar refractivity (Wildman–Crippen MR) is 119 cm³/mol. The molecular formula is C26H19BrO4. The molecule has 0 amide bonds. The Morgan fingerprint density at radius 2 is 1.55 bits per heavy atom. The van der Waals surface area contributed by atoms with E-state index in [1.165, 1.54) is 0 Å². The topological polar surface area (TPSA) is 60.4 Å². The zero-order chi connectivity index (χ0) is 22.0. The first-order chi connectivity index (χ1) is 14.8. The van der Waals surface area contributed by atoms with Crippen LogP contribution in [0.1, 0.15) is 44.7 Å². The summed E-state index contributed by atoms with van der Waals surface area (Å²) in [7, 11) is 0. The van der Waals surface area contributed by atoms with E-state index in [-0.39, 0.29) is 11.6 Å². The first-order valence-electron chi connectivity index (χ1n) is 10.0. The molecule has 31 heavy (non-hydrogen) atoms. The molecule has 1 fully saturated rings. The van der Waals surface area contributed by atoms with Crippen molar-refractivity contribution in [2.75, 3.05) is 0 Å². The molecule has 0 N–H and O–H groups in total. The standard InChI is InChI=1S/C26H19BrO4/c1-15-8-10-17(11-9-15)22(28)25(2)21-19-14-18(27)12-13-20(19)31-24(30)26(21,25)23(29)16-6-4-3-5-7-16/h3-14,21H,1-2H3/t21-,25+,26+/m1/s1. The molecule has 1 heterocycles. The summed E-state index contributed by atoms with van der Waals surface area (Å²) >= 11 is 3.47. The van der Waals surface area contributed by atoms with Gasteiger partial charge >= 0.3 is 5.97 Å². The SMILES string of the molecule is Cc1ccc(C(=O)[C@]2(C)[C@H]3c4cc(Br)ccc4OC(=O)[C@@]32C(=O)c2ccccc2)cc1. The number of halogens is 1. The van der Waals surface area contributed by atoms with Crippen molar-refractivity contribution in [3.05, 3.63) is 99.5 Å². The van der Waals surface area contributed by atoms with Gasteiger partial charge in [-0.1, -0.05) is 83.0 Å². The van der Waals surface area contributed by atoms with Crippen LogP contribution in [-0.4, -0.2) is 17.5 Å². The molecule has 5 rings (SSSR count). The molecule has 1 aliphatic carbocycles. The van der Waals surface area contributed by atoms with E-state index in [4.69, 9.17) is 4.74 Å². The second-order valence-corrected chi connectivity index (χ2v) is 9.32. The number of ether oxygens (including phenoxy) is 1. The maximum Gasteiger partial charge on any atom is 0.327 e. The van der Waals surface area contributed by atoms with Crippen molar-refractivity contribution in [1.29, 1.82) is 0 Å². The summed E-state index contributed by atoms with van der Waals surface area (Å²) in [6.07, 6.45) is 0. The third-order valence-electron chi connectivity index (χ3n) is 6.73. The number of rotatable bonds is 4. The quantitative estimate of drug-likeness (QED) is 0.216. The minimum atomic E-state index is -1.59. The fourth-order valence-electron chi connectivity index (χ4n) is 5.10. The lowest BCUT2D eigenvalue weighted by molar-refractivity contribution is -0.140. The average molecular weight is 475 g/mol. The number of Topliss-reactive ketones (excluding diaryl/α,β-unsaturated/α-hetero) is 2. The molecule has 2 aliphatic rings. The van der Waals surface area contributed by atoms with Crippen LogP contribution in [0.4, 0.5) is 0 Å². The van der Waals surface area contributed by atoms with Gasteiger partial charge in [-0.05, 0) is 25.1 Å². The maximum atomic E-state index is 13.8. The van der Waals surface area contributed by atoms with E-state index in [2.05, 4.69) is 15.9 Å². The van der Waals surface area contributed by atoms with Gasteiger partial charge in [-0.2, -0.15) is 0 Å². The van der Waals surface area contributed by atoms with Crippen LogP contribution in [0.2, 0.25) is 0 Å². The molecule has 3 aromatic carbocycles. The van der Waals surface area contributed by atoms with Crippen molar-refractivity contribution in [2.45, 2.75) is 19.8 Å². The number of ketones is 2.